The predicted octanol–water partition coefficient (Wildman–Crippen LogP) is 2.80. The Labute approximate surface area is 208 Å². The first-order chi connectivity index (χ1) is 17.2. The first-order valence-corrected chi connectivity index (χ1v) is 12.2. The SMILES string of the molecule is CNC(=O)NC1=CC=C2C(CC[C@]23CN(CC(=O)N2C(C)CCC2c2ccc(F)cc2)C(=O)O3)C1=O. The summed E-state index contributed by atoms with van der Waals surface area (Å²) in [6.45, 7) is 2.03. The molecule has 0 radical (unpaired) electrons. The van der Waals surface area contributed by atoms with Crippen LogP contribution in [0.5, 0.6) is 0 Å². The molecule has 2 N–H and O–H groups in total. The van der Waals surface area contributed by atoms with Gasteiger partial charge in [-0.05, 0) is 62.0 Å². The minimum Gasteiger partial charge on any atom is -0.436 e. The smallest absolute Gasteiger partial charge is 0.411 e. The lowest BCUT2D eigenvalue weighted by molar-refractivity contribution is -0.134. The van der Waals surface area contributed by atoms with E-state index in [0.29, 0.717) is 18.4 Å². The Balaban J connectivity index is 1.31. The van der Waals surface area contributed by atoms with Crippen LogP contribution in [0.1, 0.15) is 44.2 Å². The third-order valence-electron chi connectivity index (χ3n) is 7.75. The monoisotopic (exact) mass is 496 g/mol. The van der Waals surface area contributed by atoms with E-state index in [0.717, 1.165) is 18.4 Å². The van der Waals surface area contributed by atoms with Crippen LogP contribution in [0.15, 0.2) is 47.7 Å². The maximum atomic E-state index is 13.4. The number of ketones is 1. The highest BCUT2D eigenvalue weighted by atomic mass is 19.1. The van der Waals surface area contributed by atoms with E-state index in [1.807, 2.05) is 6.92 Å². The van der Waals surface area contributed by atoms with Crippen LogP contribution in [-0.2, 0) is 14.3 Å². The highest BCUT2D eigenvalue weighted by Crippen LogP contribution is 2.48. The molecule has 1 aromatic rings. The summed E-state index contributed by atoms with van der Waals surface area (Å²) in [4.78, 5) is 54.1. The predicted molar refractivity (Wildman–Crippen MR) is 127 cm³/mol. The van der Waals surface area contributed by atoms with Crippen molar-refractivity contribution in [1.82, 2.24) is 20.4 Å². The van der Waals surface area contributed by atoms with Crippen LogP contribution in [0.3, 0.4) is 0 Å². The molecule has 4 aliphatic rings. The Bertz CT molecular complexity index is 1180. The minimum absolute atomic E-state index is 0.00829. The summed E-state index contributed by atoms with van der Waals surface area (Å²) in [6, 6.07) is 5.51. The molecule has 190 valence electrons. The van der Waals surface area contributed by atoms with E-state index in [1.54, 1.807) is 23.1 Å². The maximum Gasteiger partial charge on any atom is 0.411 e. The quantitative estimate of drug-likeness (QED) is 0.667. The molecule has 3 fully saturated rings. The Morgan fingerprint density at radius 1 is 1.14 bits per heavy atom. The van der Waals surface area contributed by atoms with Crippen LogP contribution in [0, 0.1) is 11.7 Å². The number of halogens is 1. The number of Topliss-reactive ketones (excluding diaryl/α,β-unsaturated/α-hetero) is 1. The van der Waals surface area contributed by atoms with Gasteiger partial charge >= 0.3 is 12.1 Å². The second-order valence-corrected chi connectivity index (χ2v) is 9.88. The highest BCUT2D eigenvalue weighted by Gasteiger charge is 2.56. The molecule has 1 saturated carbocycles. The number of likely N-dealkylation sites (tertiary alicyclic amines) is 1. The van der Waals surface area contributed by atoms with Gasteiger partial charge in [0.2, 0.25) is 5.91 Å². The molecule has 2 aliphatic heterocycles. The second-order valence-electron chi connectivity index (χ2n) is 9.88. The number of nitrogens with zero attached hydrogens (tertiary/aromatic N) is 2. The number of amides is 4. The number of fused-ring (bicyclic) bond motifs is 2. The number of nitrogens with one attached hydrogen (secondary N) is 2. The van der Waals surface area contributed by atoms with Crippen LogP contribution in [0.25, 0.3) is 0 Å². The molecule has 2 aliphatic carbocycles. The van der Waals surface area contributed by atoms with Gasteiger partial charge in [0.25, 0.3) is 0 Å². The van der Waals surface area contributed by atoms with Crippen molar-refractivity contribution >= 4 is 23.8 Å². The summed E-state index contributed by atoms with van der Waals surface area (Å²) >= 11 is 0. The zero-order valence-electron chi connectivity index (χ0n) is 20.3. The van der Waals surface area contributed by atoms with E-state index in [1.165, 1.54) is 30.2 Å². The fourth-order valence-corrected chi connectivity index (χ4v) is 5.96. The van der Waals surface area contributed by atoms with Crippen molar-refractivity contribution in [3.8, 4) is 0 Å². The first-order valence-electron chi connectivity index (χ1n) is 12.2. The zero-order valence-corrected chi connectivity index (χ0v) is 20.3. The Kier molecular flexibility index (Phi) is 6.05. The molecular formula is C26H29FN4O5. The highest BCUT2D eigenvalue weighted by molar-refractivity contribution is 6.03. The molecular weight excluding hydrogens is 467 g/mol. The van der Waals surface area contributed by atoms with Crippen molar-refractivity contribution in [3.05, 3.63) is 59.1 Å². The molecule has 9 nitrogen and oxygen atoms in total. The van der Waals surface area contributed by atoms with Crippen LogP contribution in [0.4, 0.5) is 14.0 Å². The molecule has 2 saturated heterocycles. The van der Waals surface area contributed by atoms with Crippen LogP contribution in [0.2, 0.25) is 0 Å². The van der Waals surface area contributed by atoms with Crippen molar-refractivity contribution in [1.29, 1.82) is 0 Å². The third-order valence-corrected chi connectivity index (χ3v) is 7.75. The van der Waals surface area contributed by atoms with E-state index >= 15 is 0 Å². The number of hydrogen-bond acceptors (Lipinski definition) is 5. The number of benzene rings is 1. The molecule has 1 spiro atoms. The Hall–Kier alpha value is -3.69. The lowest BCUT2D eigenvalue weighted by atomic mass is 9.85. The van der Waals surface area contributed by atoms with Gasteiger partial charge in [0, 0.05) is 19.0 Å². The van der Waals surface area contributed by atoms with Crippen molar-refractivity contribution in [3.63, 3.8) is 0 Å². The van der Waals surface area contributed by atoms with E-state index < -0.39 is 23.6 Å². The lowest BCUT2D eigenvalue weighted by Gasteiger charge is -2.30. The Morgan fingerprint density at radius 3 is 2.61 bits per heavy atom. The number of hydrogen-bond donors (Lipinski definition) is 2. The van der Waals surface area contributed by atoms with Crippen LogP contribution < -0.4 is 10.6 Å². The van der Waals surface area contributed by atoms with Gasteiger partial charge in [0.15, 0.2) is 11.4 Å². The van der Waals surface area contributed by atoms with E-state index in [4.69, 9.17) is 4.74 Å². The number of allylic oxidation sites excluding steroid dienone is 3. The molecule has 1 aromatic carbocycles. The van der Waals surface area contributed by atoms with Crippen molar-refractivity contribution in [2.24, 2.45) is 5.92 Å². The van der Waals surface area contributed by atoms with E-state index in [2.05, 4.69) is 10.6 Å². The largest absolute Gasteiger partial charge is 0.436 e. The van der Waals surface area contributed by atoms with Gasteiger partial charge in [0.05, 0.1) is 18.3 Å². The molecule has 3 unspecified atom stereocenters. The lowest BCUT2D eigenvalue weighted by Crippen LogP contribution is -2.44. The van der Waals surface area contributed by atoms with Gasteiger partial charge in [-0.25, -0.2) is 14.0 Å². The maximum absolute atomic E-state index is 13.4. The topological polar surface area (TPSA) is 108 Å². The van der Waals surface area contributed by atoms with Crippen molar-refractivity contribution in [2.75, 3.05) is 20.1 Å². The molecule has 36 heavy (non-hydrogen) atoms. The standard InChI is InChI=1S/C26H29FN4O5/c1-15-3-10-21(16-4-6-17(27)7-5-16)31(15)22(32)13-30-14-26(36-25(30)35)12-11-18-19(26)8-9-20(23(18)33)29-24(34)28-2/h4-9,15,18,21H,3,10-14H2,1-2H3,(H2,28,29,34)/t15?,18?,21?,26-/m0/s1. The molecule has 0 bridgehead atoms. The Morgan fingerprint density at radius 2 is 1.89 bits per heavy atom. The number of urea groups is 1. The summed E-state index contributed by atoms with van der Waals surface area (Å²) in [5, 5.41) is 4.96. The fraction of sp³-hybridized carbons (Fsp3) is 0.462. The second kappa shape index (κ2) is 9.07. The number of ether oxygens (including phenoxy) is 1. The van der Waals surface area contributed by atoms with Crippen LogP contribution >= 0.6 is 0 Å². The van der Waals surface area contributed by atoms with Gasteiger partial charge < -0.3 is 20.3 Å². The number of carbonyl (C=O) groups excluding carboxylic acids is 4. The average molecular weight is 497 g/mol. The van der Waals surface area contributed by atoms with Gasteiger partial charge in [-0.3, -0.25) is 14.5 Å². The van der Waals surface area contributed by atoms with Crippen LogP contribution in [-0.4, -0.2) is 65.4 Å². The molecule has 2 heterocycles. The summed E-state index contributed by atoms with van der Waals surface area (Å²) in [7, 11) is 1.47. The summed E-state index contributed by atoms with van der Waals surface area (Å²) in [5.74, 6) is -1.22. The minimum atomic E-state index is -0.959. The van der Waals surface area contributed by atoms with Crippen molar-refractivity contribution in [2.45, 2.75) is 50.3 Å². The normalized spacial score (nSPS) is 29.1. The van der Waals surface area contributed by atoms with Gasteiger partial charge in [-0.15, -0.1) is 0 Å². The number of carbonyl (C=O) groups is 4. The van der Waals surface area contributed by atoms with E-state index in [9.17, 15) is 23.6 Å². The van der Waals surface area contributed by atoms with E-state index in [-0.39, 0.29) is 48.4 Å². The van der Waals surface area contributed by atoms with Crippen molar-refractivity contribution < 1.29 is 28.3 Å². The summed E-state index contributed by atoms with van der Waals surface area (Å²) in [5.41, 5.74) is 0.815. The third kappa shape index (κ3) is 4.04. The van der Waals surface area contributed by atoms with Gasteiger partial charge in [0.1, 0.15) is 12.4 Å². The molecule has 0 aromatic heterocycles. The number of rotatable bonds is 4. The average Bonchev–Trinajstić information content (AvgIpc) is 3.51. The zero-order chi connectivity index (χ0) is 25.6. The van der Waals surface area contributed by atoms with Gasteiger partial charge in [-0.1, -0.05) is 18.2 Å². The molecule has 5 rings (SSSR count). The molecule has 4 atom stereocenters. The molecule has 10 heteroatoms. The summed E-state index contributed by atoms with van der Waals surface area (Å²) < 4.78 is 19.2. The van der Waals surface area contributed by atoms with Gasteiger partial charge in [-0.2, -0.15) is 0 Å². The fourth-order valence-electron chi connectivity index (χ4n) is 5.96. The first kappa shape index (κ1) is 24.0. The molecule has 4 amide bonds. The summed E-state index contributed by atoms with van der Waals surface area (Å²) in [6.07, 6.45) is 5.24.